The van der Waals surface area contributed by atoms with Gasteiger partial charge < -0.3 is 9.84 Å². The van der Waals surface area contributed by atoms with Crippen LogP contribution in [0.5, 0.6) is 0 Å². The molecule has 0 saturated carbocycles. The van der Waals surface area contributed by atoms with Gasteiger partial charge >= 0.3 is 11.9 Å². The third kappa shape index (κ3) is 1.94. The van der Waals surface area contributed by atoms with Crippen LogP contribution in [0.15, 0.2) is 11.1 Å². The van der Waals surface area contributed by atoms with Crippen LogP contribution in [0.3, 0.4) is 0 Å². The van der Waals surface area contributed by atoms with E-state index in [1.165, 1.54) is 0 Å². The van der Waals surface area contributed by atoms with Crippen molar-refractivity contribution in [2.45, 2.75) is 12.5 Å². The molecule has 0 spiro atoms. The first-order valence-corrected chi connectivity index (χ1v) is 3.27. The van der Waals surface area contributed by atoms with Crippen molar-refractivity contribution >= 4 is 23.5 Å². The SMILES string of the molecule is O=C(O)CC1OC(=O)C=C1Cl. The Bertz CT molecular complexity index is 233. The number of hydrogen-bond donors (Lipinski definition) is 1. The standard InChI is InChI=1S/C6H5ClO4/c7-3-1-6(10)11-4(3)2-5(8)9/h1,4H,2H2,(H,8,9). The summed E-state index contributed by atoms with van der Waals surface area (Å²) in [5.41, 5.74) is 0. The maximum Gasteiger partial charge on any atom is 0.332 e. The van der Waals surface area contributed by atoms with Gasteiger partial charge in [-0.1, -0.05) is 11.6 Å². The summed E-state index contributed by atoms with van der Waals surface area (Å²) >= 11 is 5.47. The predicted molar refractivity (Wildman–Crippen MR) is 36.1 cm³/mol. The average molecular weight is 177 g/mol. The molecule has 0 bridgehead atoms. The van der Waals surface area contributed by atoms with E-state index < -0.39 is 18.0 Å². The second-order valence-electron chi connectivity index (χ2n) is 2.05. The molecule has 0 amide bonds. The van der Waals surface area contributed by atoms with Crippen molar-refractivity contribution in [3.05, 3.63) is 11.1 Å². The van der Waals surface area contributed by atoms with Crippen LogP contribution in [0.1, 0.15) is 6.42 Å². The molecule has 0 radical (unpaired) electrons. The second-order valence-corrected chi connectivity index (χ2v) is 2.49. The molecule has 0 fully saturated rings. The van der Waals surface area contributed by atoms with Crippen molar-refractivity contribution in [1.82, 2.24) is 0 Å². The number of ether oxygens (including phenoxy) is 1. The minimum atomic E-state index is -1.05. The molecule has 4 nitrogen and oxygen atoms in total. The Kier molecular flexibility index (Phi) is 2.14. The van der Waals surface area contributed by atoms with Gasteiger partial charge in [-0.2, -0.15) is 0 Å². The van der Waals surface area contributed by atoms with Crippen LogP contribution >= 0.6 is 11.6 Å². The van der Waals surface area contributed by atoms with Gasteiger partial charge in [-0.3, -0.25) is 4.79 Å². The number of halogens is 1. The number of aliphatic carboxylic acids is 1. The van der Waals surface area contributed by atoms with Gasteiger partial charge in [0.05, 0.1) is 11.5 Å². The van der Waals surface area contributed by atoms with Gasteiger partial charge in [-0.15, -0.1) is 0 Å². The van der Waals surface area contributed by atoms with Crippen LogP contribution in [-0.2, 0) is 14.3 Å². The number of carbonyl (C=O) groups excluding carboxylic acids is 1. The first-order valence-electron chi connectivity index (χ1n) is 2.89. The maximum absolute atomic E-state index is 10.5. The number of esters is 1. The first-order chi connectivity index (χ1) is 5.09. The molecule has 0 aromatic rings. The summed E-state index contributed by atoms with van der Waals surface area (Å²) in [6.45, 7) is 0. The highest BCUT2D eigenvalue weighted by atomic mass is 35.5. The minimum Gasteiger partial charge on any atom is -0.481 e. The van der Waals surface area contributed by atoms with Gasteiger partial charge in [0.15, 0.2) is 0 Å². The van der Waals surface area contributed by atoms with Crippen molar-refractivity contribution in [3.8, 4) is 0 Å². The molecular formula is C6H5ClO4. The number of carboxylic acid groups (broad SMARTS) is 1. The van der Waals surface area contributed by atoms with Crippen LogP contribution in [0.2, 0.25) is 0 Å². The fourth-order valence-corrected chi connectivity index (χ4v) is 0.945. The van der Waals surface area contributed by atoms with Gasteiger partial charge in [0.2, 0.25) is 0 Å². The molecule has 5 heteroatoms. The fourth-order valence-electron chi connectivity index (χ4n) is 0.734. The normalized spacial score (nSPS) is 22.8. The van der Waals surface area contributed by atoms with E-state index in [0.717, 1.165) is 6.08 Å². The number of cyclic esters (lactones) is 1. The van der Waals surface area contributed by atoms with E-state index in [1.807, 2.05) is 0 Å². The quantitative estimate of drug-likeness (QED) is 0.623. The molecular weight excluding hydrogens is 172 g/mol. The Hall–Kier alpha value is -1.03. The fraction of sp³-hybridized carbons (Fsp3) is 0.333. The molecule has 1 heterocycles. The third-order valence-corrected chi connectivity index (χ3v) is 1.53. The van der Waals surface area contributed by atoms with E-state index in [-0.39, 0.29) is 11.5 Å². The Labute approximate surface area is 67.4 Å². The van der Waals surface area contributed by atoms with E-state index in [9.17, 15) is 9.59 Å². The highest BCUT2D eigenvalue weighted by Crippen LogP contribution is 2.21. The summed E-state index contributed by atoms with van der Waals surface area (Å²) in [5, 5.41) is 8.45. The lowest BCUT2D eigenvalue weighted by molar-refractivity contribution is -0.144. The molecule has 11 heavy (non-hydrogen) atoms. The topological polar surface area (TPSA) is 63.6 Å². The van der Waals surface area contributed by atoms with Crippen LogP contribution in [0.25, 0.3) is 0 Å². The zero-order chi connectivity index (χ0) is 8.43. The summed E-state index contributed by atoms with van der Waals surface area (Å²) in [4.78, 5) is 20.6. The zero-order valence-electron chi connectivity index (χ0n) is 5.41. The molecule has 0 saturated heterocycles. The number of carboxylic acids is 1. The Balaban J connectivity index is 2.57. The largest absolute Gasteiger partial charge is 0.481 e. The number of rotatable bonds is 2. The zero-order valence-corrected chi connectivity index (χ0v) is 6.17. The van der Waals surface area contributed by atoms with Gasteiger partial charge in [0.1, 0.15) is 6.10 Å². The Morgan fingerprint density at radius 3 is 2.82 bits per heavy atom. The molecule has 0 aromatic heterocycles. The van der Waals surface area contributed by atoms with Crippen molar-refractivity contribution < 1.29 is 19.4 Å². The summed E-state index contributed by atoms with van der Waals surface area (Å²) < 4.78 is 4.54. The Morgan fingerprint density at radius 2 is 2.45 bits per heavy atom. The van der Waals surface area contributed by atoms with Gasteiger partial charge in [-0.05, 0) is 0 Å². The van der Waals surface area contributed by atoms with E-state index in [0.29, 0.717) is 0 Å². The molecule has 1 aliphatic rings. The maximum atomic E-state index is 10.5. The van der Waals surface area contributed by atoms with Crippen LogP contribution in [0, 0.1) is 0 Å². The smallest absolute Gasteiger partial charge is 0.332 e. The molecule has 1 atom stereocenters. The lowest BCUT2D eigenvalue weighted by Gasteiger charge is -2.05. The molecule has 0 aliphatic carbocycles. The van der Waals surface area contributed by atoms with Crippen molar-refractivity contribution in [3.63, 3.8) is 0 Å². The lowest BCUT2D eigenvalue weighted by Crippen LogP contribution is -2.14. The summed E-state index contributed by atoms with van der Waals surface area (Å²) in [5.74, 6) is -1.63. The number of hydrogen-bond acceptors (Lipinski definition) is 3. The monoisotopic (exact) mass is 176 g/mol. The first kappa shape index (κ1) is 8.07. The van der Waals surface area contributed by atoms with E-state index >= 15 is 0 Å². The van der Waals surface area contributed by atoms with Crippen molar-refractivity contribution in [2.75, 3.05) is 0 Å². The Morgan fingerprint density at radius 1 is 1.82 bits per heavy atom. The summed E-state index contributed by atoms with van der Waals surface area (Å²) in [6.07, 6.45) is 0.0117. The van der Waals surface area contributed by atoms with Crippen LogP contribution < -0.4 is 0 Å². The van der Waals surface area contributed by atoms with Gasteiger partial charge in [0.25, 0.3) is 0 Å². The van der Waals surface area contributed by atoms with Crippen LogP contribution in [0.4, 0.5) is 0 Å². The minimum absolute atomic E-state index is 0.150. The van der Waals surface area contributed by atoms with Gasteiger partial charge in [0, 0.05) is 6.08 Å². The average Bonchev–Trinajstić information content (AvgIpc) is 2.09. The van der Waals surface area contributed by atoms with Crippen molar-refractivity contribution in [1.29, 1.82) is 0 Å². The van der Waals surface area contributed by atoms with E-state index in [1.54, 1.807) is 0 Å². The molecule has 0 aromatic carbocycles. The molecule has 1 N–H and O–H groups in total. The van der Waals surface area contributed by atoms with Crippen molar-refractivity contribution in [2.24, 2.45) is 0 Å². The lowest BCUT2D eigenvalue weighted by atomic mass is 10.2. The summed E-state index contributed by atoms with van der Waals surface area (Å²) in [6, 6.07) is 0. The van der Waals surface area contributed by atoms with Crippen LogP contribution in [-0.4, -0.2) is 23.1 Å². The van der Waals surface area contributed by atoms with Gasteiger partial charge in [-0.25, -0.2) is 4.79 Å². The second kappa shape index (κ2) is 2.92. The number of carbonyl (C=O) groups is 2. The highest BCUT2D eigenvalue weighted by molar-refractivity contribution is 6.32. The predicted octanol–water partition coefficient (Wildman–Crippen LogP) is 0.509. The van der Waals surface area contributed by atoms with E-state index in [4.69, 9.17) is 16.7 Å². The summed E-state index contributed by atoms with van der Waals surface area (Å²) in [7, 11) is 0. The molecule has 1 rings (SSSR count). The molecule has 1 aliphatic heterocycles. The van der Waals surface area contributed by atoms with E-state index in [2.05, 4.69) is 4.74 Å². The molecule has 60 valence electrons. The third-order valence-electron chi connectivity index (χ3n) is 1.18. The molecule has 1 unspecified atom stereocenters. The highest BCUT2D eigenvalue weighted by Gasteiger charge is 2.26.